The first-order valence-corrected chi connectivity index (χ1v) is 7.14. The van der Waals surface area contributed by atoms with Crippen LogP contribution in [0.25, 0.3) is 6.08 Å². The van der Waals surface area contributed by atoms with E-state index in [0.29, 0.717) is 6.54 Å². The minimum Gasteiger partial charge on any atom is -0.465 e. The van der Waals surface area contributed by atoms with Crippen LogP contribution >= 0.6 is 0 Å². The summed E-state index contributed by atoms with van der Waals surface area (Å²) >= 11 is 0. The molecular formula is C11H17NO3S. The molecule has 0 aromatic carbocycles. The molecule has 1 aromatic heterocycles. The van der Waals surface area contributed by atoms with Crippen molar-refractivity contribution in [3.8, 4) is 0 Å². The van der Waals surface area contributed by atoms with Gasteiger partial charge in [0.1, 0.15) is 15.6 Å². The van der Waals surface area contributed by atoms with E-state index in [1.807, 2.05) is 31.2 Å². The van der Waals surface area contributed by atoms with Crippen LogP contribution in [0.3, 0.4) is 0 Å². The molecule has 0 aliphatic carbocycles. The summed E-state index contributed by atoms with van der Waals surface area (Å²) in [5.41, 5.74) is 0. The molecule has 0 spiro atoms. The zero-order valence-corrected chi connectivity index (χ0v) is 10.3. The van der Waals surface area contributed by atoms with E-state index in [0.717, 1.165) is 5.76 Å². The maximum atomic E-state index is 11.0. The van der Waals surface area contributed by atoms with Gasteiger partial charge in [0.15, 0.2) is 0 Å². The molecule has 90 valence electrons. The van der Waals surface area contributed by atoms with Crippen LogP contribution in [-0.4, -0.2) is 33.0 Å². The Balaban J connectivity index is 2.25. The van der Waals surface area contributed by atoms with Crippen molar-refractivity contribution in [1.82, 2.24) is 5.32 Å². The van der Waals surface area contributed by atoms with E-state index < -0.39 is 9.84 Å². The molecule has 0 aliphatic rings. The lowest BCUT2D eigenvalue weighted by atomic mass is 10.3. The first-order valence-electron chi connectivity index (χ1n) is 5.08. The molecule has 16 heavy (non-hydrogen) atoms. The Morgan fingerprint density at radius 2 is 2.31 bits per heavy atom. The van der Waals surface area contributed by atoms with Crippen LogP contribution < -0.4 is 5.32 Å². The second-order valence-corrected chi connectivity index (χ2v) is 6.00. The molecule has 0 saturated heterocycles. The number of furan rings is 1. The van der Waals surface area contributed by atoms with E-state index >= 15 is 0 Å². The van der Waals surface area contributed by atoms with Gasteiger partial charge in [-0.3, -0.25) is 0 Å². The lowest BCUT2D eigenvalue weighted by Gasteiger charge is -2.10. The topological polar surface area (TPSA) is 59.3 Å². The quantitative estimate of drug-likeness (QED) is 0.818. The van der Waals surface area contributed by atoms with Crippen LogP contribution in [0.4, 0.5) is 0 Å². The van der Waals surface area contributed by atoms with Crippen LogP contribution in [0.15, 0.2) is 28.9 Å². The van der Waals surface area contributed by atoms with Crippen LogP contribution in [0, 0.1) is 0 Å². The maximum Gasteiger partial charge on any atom is 0.148 e. The molecule has 0 bridgehead atoms. The smallest absolute Gasteiger partial charge is 0.148 e. The minimum atomic E-state index is -2.91. The second-order valence-electron chi connectivity index (χ2n) is 3.82. The van der Waals surface area contributed by atoms with Gasteiger partial charge in [0.2, 0.25) is 0 Å². The van der Waals surface area contributed by atoms with Crippen molar-refractivity contribution in [1.29, 1.82) is 0 Å². The fourth-order valence-electron chi connectivity index (χ4n) is 1.34. The Morgan fingerprint density at radius 1 is 1.56 bits per heavy atom. The highest BCUT2D eigenvalue weighted by molar-refractivity contribution is 7.90. The molecule has 1 rings (SSSR count). The molecule has 1 N–H and O–H groups in total. The molecular weight excluding hydrogens is 226 g/mol. The number of hydrogen-bond donors (Lipinski definition) is 1. The van der Waals surface area contributed by atoms with Crippen molar-refractivity contribution in [2.75, 3.05) is 18.6 Å². The molecule has 0 radical (unpaired) electrons. The molecule has 0 fully saturated rings. The molecule has 1 atom stereocenters. The standard InChI is InChI=1S/C11H17NO3S/c1-10(9-16(2,13)14)12-7-3-5-11-6-4-8-15-11/h3-6,8,10,12H,7,9H2,1-2H3/b5-3+. The number of nitrogens with one attached hydrogen (secondary N) is 1. The van der Waals surface area contributed by atoms with Gasteiger partial charge in [0.25, 0.3) is 0 Å². The number of hydrogen-bond acceptors (Lipinski definition) is 4. The van der Waals surface area contributed by atoms with Gasteiger partial charge in [-0.05, 0) is 25.1 Å². The lowest BCUT2D eigenvalue weighted by Crippen LogP contribution is -2.32. The van der Waals surface area contributed by atoms with Crippen molar-refractivity contribution >= 4 is 15.9 Å². The summed E-state index contributed by atoms with van der Waals surface area (Å²) in [5.74, 6) is 0.944. The Labute approximate surface area is 96.3 Å². The summed E-state index contributed by atoms with van der Waals surface area (Å²) < 4.78 is 27.1. The first-order chi connectivity index (χ1) is 7.47. The highest BCUT2D eigenvalue weighted by atomic mass is 32.2. The molecule has 0 saturated carbocycles. The van der Waals surface area contributed by atoms with Gasteiger partial charge in [-0.15, -0.1) is 0 Å². The highest BCUT2D eigenvalue weighted by Gasteiger charge is 2.08. The zero-order chi connectivity index (χ0) is 12.0. The van der Waals surface area contributed by atoms with Crippen molar-refractivity contribution in [2.45, 2.75) is 13.0 Å². The minimum absolute atomic E-state index is 0.0451. The summed E-state index contributed by atoms with van der Waals surface area (Å²) in [6.07, 6.45) is 6.60. The summed E-state index contributed by atoms with van der Waals surface area (Å²) in [5, 5.41) is 3.09. The van der Waals surface area contributed by atoms with E-state index in [2.05, 4.69) is 5.32 Å². The molecule has 4 nitrogen and oxygen atoms in total. The van der Waals surface area contributed by atoms with Crippen molar-refractivity contribution in [3.05, 3.63) is 30.2 Å². The Hall–Kier alpha value is -1.07. The van der Waals surface area contributed by atoms with Gasteiger partial charge in [-0.2, -0.15) is 0 Å². The highest BCUT2D eigenvalue weighted by Crippen LogP contribution is 2.01. The van der Waals surface area contributed by atoms with Gasteiger partial charge in [-0.25, -0.2) is 8.42 Å². The van der Waals surface area contributed by atoms with Crippen LogP contribution in [0.1, 0.15) is 12.7 Å². The largest absolute Gasteiger partial charge is 0.465 e. The lowest BCUT2D eigenvalue weighted by molar-refractivity contribution is 0.556. The van der Waals surface area contributed by atoms with E-state index in [9.17, 15) is 8.42 Å². The predicted octanol–water partition coefficient (Wildman–Crippen LogP) is 1.32. The Bertz CT molecular complexity index is 420. The third-order valence-corrected chi connectivity index (χ3v) is 3.07. The molecule has 1 unspecified atom stereocenters. The van der Waals surface area contributed by atoms with Crippen LogP contribution in [-0.2, 0) is 9.84 Å². The fourth-order valence-corrected chi connectivity index (χ4v) is 2.37. The fraction of sp³-hybridized carbons (Fsp3) is 0.455. The molecule has 1 heterocycles. The van der Waals surface area contributed by atoms with E-state index in [1.165, 1.54) is 6.26 Å². The Morgan fingerprint density at radius 3 is 2.88 bits per heavy atom. The third kappa shape index (κ3) is 5.72. The first kappa shape index (κ1) is 13.0. The Kier molecular flexibility index (Phi) is 4.76. The predicted molar refractivity (Wildman–Crippen MR) is 64.9 cm³/mol. The van der Waals surface area contributed by atoms with Crippen molar-refractivity contribution in [3.63, 3.8) is 0 Å². The van der Waals surface area contributed by atoms with Gasteiger partial charge >= 0.3 is 0 Å². The third-order valence-electron chi connectivity index (χ3n) is 1.96. The molecule has 0 aliphatic heterocycles. The van der Waals surface area contributed by atoms with Gasteiger partial charge in [-0.1, -0.05) is 6.08 Å². The van der Waals surface area contributed by atoms with Gasteiger partial charge in [0, 0.05) is 18.8 Å². The number of rotatable bonds is 6. The van der Waals surface area contributed by atoms with Gasteiger partial charge in [0.05, 0.1) is 12.0 Å². The normalized spacial score (nSPS) is 14.4. The molecule has 1 aromatic rings. The van der Waals surface area contributed by atoms with E-state index in [4.69, 9.17) is 4.42 Å². The summed E-state index contributed by atoms with van der Waals surface area (Å²) in [7, 11) is -2.91. The van der Waals surface area contributed by atoms with Crippen LogP contribution in [0.2, 0.25) is 0 Å². The average Bonchev–Trinajstić information content (AvgIpc) is 2.62. The average molecular weight is 243 g/mol. The summed E-state index contributed by atoms with van der Waals surface area (Å²) in [6, 6.07) is 3.63. The van der Waals surface area contributed by atoms with E-state index in [-0.39, 0.29) is 11.8 Å². The van der Waals surface area contributed by atoms with Crippen molar-refractivity contribution < 1.29 is 12.8 Å². The maximum absolute atomic E-state index is 11.0. The summed E-state index contributed by atoms with van der Waals surface area (Å²) in [4.78, 5) is 0. The molecule has 5 heteroatoms. The summed E-state index contributed by atoms with van der Waals surface area (Å²) in [6.45, 7) is 2.47. The number of sulfone groups is 1. The zero-order valence-electron chi connectivity index (χ0n) is 9.51. The van der Waals surface area contributed by atoms with Crippen LogP contribution in [0.5, 0.6) is 0 Å². The monoisotopic (exact) mass is 243 g/mol. The van der Waals surface area contributed by atoms with Gasteiger partial charge < -0.3 is 9.73 Å². The SMILES string of the molecule is CC(CS(C)(=O)=O)NC/C=C/c1ccco1. The second kappa shape index (κ2) is 5.86. The van der Waals surface area contributed by atoms with E-state index in [1.54, 1.807) is 6.26 Å². The van der Waals surface area contributed by atoms with Crippen molar-refractivity contribution in [2.24, 2.45) is 0 Å². The molecule has 0 amide bonds.